The molecule has 0 atom stereocenters. The first-order valence-electron chi connectivity index (χ1n) is 17.7. The van der Waals surface area contributed by atoms with E-state index in [0.29, 0.717) is 11.4 Å². The lowest BCUT2D eigenvalue weighted by Crippen LogP contribution is -2.19. The van der Waals surface area contributed by atoms with E-state index in [2.05, 4.69) is 150 Å². The van der Waals surface area contributed by atoms with E-state index < -0.39 is 0 Å². The Bertz CT molecular complexity index is 2740. The van der Waals surface area contributed by atoms with Crippen molar-refractivity contribution in [3.05, 3.63) is 206 Å². The summed E-state index contributed by atoms with van der Waals surface area (Å²) in [7, 11) is 0. The van der Waals surface area contributed by atoms with Crippen molar-refractivity contribution in [1.82, 2.24) is 4.98 Å². The van der Waals surface area contributed by atoms with Gasteiger partial charge in [-0.1, -0.05) is 127 Å². The summed E-state index contributed by atoms with van der Waals surface area (Å²) >= 11 is 0. The molecule has 0 bridgehead atoms. The highest BCUT2D eigenvalue weighted by Gasteiger charge is 2.23. The number of pyridine rings is 1. The molecule has 53 heavy (non-hydrogen) atoms. The minimum atomic E-state index is 0.351. The Labute approximate surface area is 308 Å². The van der Waals surface area contributed by atoms with Crippen molar-refractivity contribution in [1.29, 1.82) is 5.41 Å². The van der Waals surface area contributed by atoms with Crippen LogP contribution in [0.2, 0.25) is 0 Å². The van der Waals surface area contributed by atoms with Gasteiger partial charge in [-0.2, -0.15) is 5.10 Å². The lowest BCUT2D eigenvalue weighted by atomic mass is 9.83. The van der Waals surface area contributed by atoms with Crippen molar-refractivity contribution >= 4 is 49.8 Å². The number of hydrogen-bond donors (Lipinski definition) is 2. The third-order valence-corrected chi connectivity index (χ3v) is 9.82. The van der Waals surface area contributed by atoms with E-state index >= 15 is 0 Å². The molecule has 9 rings (SSSR count). The zero-order chi connectivity index (χ0) is 35.6. The quantitative estimate of drug-likeness (QED) is 0.130. The van der Waals surface area contributed by atoms with Crippen molar-refractivity contribution in [2.75, 3.05) is 5.43 Å². The summed E-state index contributed by atoms with van der Waals surface area (Å²) in [6.45, 7) is 0. The number of hydrazone groups is 1. The molecule has 1 aromatic heterocycles. The van der Waals surface area contributed by atoms with Crippen molar-refractivity contribution in [2.24, 2.45) is 5.10 Å². The van der Waals surface area contributed by atoms with Crippen LogP contribution in [0.25, 0.3) is 66.1 Å². The predicted octanol–water partition coefficient (Wildman–Crippen LogP) is 12.4. The van der Waals surface area contributed by atoms with Gasteiger partial charge < -0.3 is 0 Å². The second-order valence-electron chi connectivity index (χ2n) is 13.2. The van der Waals surface area contributed by atoms with Crippen LogP contribution in [0.3, 0.4) is 0 Å². The molecule has 0 fully saturated rings. The molecule has 0 amide bonds. The predicted molar refractivity (Wildman–Crippen MR) is 223 cm³/mol. The first-order chi connectivity index (χ1) is 26.2. The van der Waals surface area contributed by atoms with Crippen LogP contribution in [0.15, 0.2) is 200 Å². The van der Waals surface area contributed by atoms with Crippen LogP contribution in [0.1, 0.15) is 11.1 Å². The monoisotopic (exact) mass is 678 g/mol. The summed E-state index contributed by atoms with van der Waals surface area (Å²) in [6, 6.07) is 59.0. The number of allylic oxidation sites excluding steroid dienone is 4. The number of anilines is 1. The Hall–Kier alpha value is -7.17. The van der Waals surface area contributed by atoms with E-state index in [1.807, 2.05) is 48.7 Å². The molecule has 0 saturated heterocycles. The molecule has 0 spiro atoms. The molecule has 1 aliphatic rings. The number of rotatable bonds is 7. The zero-order valence-electron chi connectivity index (χ0n) is 28.9. The third kappa shape index (κ3) is 6.35. The molecule has 1 aliphatic carbocycles. The average molecular weight is 679 g/mol. The van der Waals surface area contributed by atoms with E-state index in [1.54, 1.807) is 6.20 Å². The maximum atomic E-state index is 9.73. The van der Waals surface area contributed by atoms with Gasteiger partial charge in [-0.3, -0.25) is 15.8 Å². The fourth-order valence-electron chi connectivity index (χ4n) is 7.19. The van der Waals surface area contributed by atoms with E-state index in [1.165, 1.54) is 0 Å². The van der Waals surface area contributed by atoms with Gasteiger partial charge in [0.1, 0.15) is 5.71 Å². The second-order valence-corrected chi connectivity index (χ2v) is 13.2. The molecule has 0 saturated carbocycles. The maximum absolute atomic E-state index is 9.73. The first kappa shape index (κ1) is 31.8. The van der Waals surface area contributed by atoms with Gasteiger partial charge in [0.05, 0.1) is 11.4 Å². The van der Waals surface area contributed by atoms with Gasteiger partial charge >= 0.3 is 0 Å². The summed E-state index contributed by atoms with van der Waals surface area (Å²) in [5.41, 5.74) is 15.5. The minimum Gasteiger partial charge on any atom is -0.298 e. The molecule has 2 N–H and O–H groups in total. The number of aromatic nitrogens is 1. The van der Waals surface area contributed by atoms with E-state index in [9.17, 15) is 5.41 Å². The molecule has 4 heteroatoms. The van der Waals surface area contributed by atoms with E-state index in [0.717, 1.165) is 82.9 Å². The number of fused-ring (bicyclic) bond motifs is 2. The van der Waals surface area contributed by atoms with Gasteiger partial charge in [-0.15, -0.1) is 0 Å². The maximum Gasteiger partial charge on any atom is 0.109 e. The topological polar surface area (TPSA) is 61.1 Å². The van der Waals surface area contributed by atoms with Gasteiger partial charge in [0, 0.05) is 23.5 Å². The van der Waals surface area contributed by atoms with Crippen LogP contribution in [-0.4, -0.2) is 16.4 Å². The number of hydrogen-bond acceptors (Lipinski definition) is 4. The van der Waals surface area contributed by atoms with Crippen LogP contribution in [0.4, 0.5) is 5.69 Å². The average Bonchev–Trinajstić information content (AvgIpc) is 3.23. The van der Waals surface area contributed by atoms with Crippen LogP contribution >= 0.6 is 0 Å². The van der Waals surface area contributed by atoms with Gasteiger partial charge in [0.2, 0.25) is 0 Å². The fourth-order valence-corrected chi connectivity index (χ4v) is 7.19. The Balaban J connectivity index is 1.24. The van der Waals surface area contributed by atoms with E-state index in [4.69, 9.17) is 5.10 Å². The third-order valence-electron chi connectivity index (χ3n) is 9.82. The molecule has 250 valence electrons. The number of benzene rings is 7. The number of nitrogens with one attached hydrogen (secondary N) is 2. The van der Waals surface area contributed by atoms with Crippen LogP contribution in [0, 0.1) is 5.41 Å². The number of nitrogens with zero attached hydrogens (tertiary/aromatic N) is 2. The van der Waals surface area contributed by atoms with Crippen LogP contribution in [-0.2, 0) is 0 Å². The van der Waals surface area contributed by atoms with Crippen molar-refractivity contribution in [3.63, 3.8) is 0 Å². The van der Waals surface area contributed by atoms with E-state index in [-0.39, 0.29) is 0 Å². The molecule has 0 aliphatic heterocycles. The largest absolute Gasteiger partial charge is 0.298 e. The Morgan fingerprint density at radius 1 is 0.472 bits per heavy atom. The Morgan fingerprint density at radius 2 is 1.06 bits per heavy atom. The van der Waals surface area contributed by atoms with Crippen molar-refractivity contribution in [2.45, 2.75) is 0 Å². The highest BCUT2D eigenvalue weighted by atomic mass is 15.3. The Kier molecular flexibility index (Phi) is 8.31. The zero-order valence-corrected chi connectivity index (χ0v) is 28.9. The van der Waals surface area contributed by atoms with Gasteiger partial charge in [-0.05, 0) is 121 Å². The highest BCUT2D eigenvalue weighted by molar-refractivity contribution is 6.63. The lowest BCUT2D eigenvalue weighted by Gasteiger charge is -2.21. The summed E-state index contributed by atoms with van der Waals surface area (Å²) in [5.74, 6) is 0. The Morgan fingerprint density at radius 3 is 1.72 bits per heavy atom. The highest BCUT2D eigenvalue weighted by Crippen LogP contribution is 2.39. The lowest BCUT2D eigenvalue weighted by molar-refractivity contribution is 1.32. The molecule has 1 heterocycles. The molecule has 0 radical (unpaired) electrons. The molecule has 8 aromatic rings. The fraction of sp³-hybridized carbons (Fsp3) is 0. The van der Waals surface area contributed by atoms with Gasteiger partial charge in [0.25, 0.3) is 0 Å². The normalized spacial score (nSPS) is 13.6. The molecule has 0 unspecified atom stereocenters. The molecular weight excluding hydrogens is 645 g/mol. The van der Waals surface area contributed by atoms with Crippen LogP contribution < -0.4 is 5.43 Å². The first-order valence-corrected chi connectivity index (χ1v) is 17.7. The molecule has 4 nitrogen and oxygen atoms in total. The summed E-state index contributed by atoms with van der Waals surface area (Å²) in [5, 5.41) is 19.2. The minimum absolute atomic E-state index is 0.351. The summed E-state index contributed by atoms with van der Waals surface area (Å²) in [6.07, 6.45) is 7.86. The van der Waals surface area contributed by atoms with Crippen molar-refractivity contribution in [3.8, 4) is 33.4 Å². The van der Waals surface area contributed by atoms with Gasteiger partial charge in [-0.25, -0.2) is 0 Å². The summed E-state index contributed by atoms with van der Waals surface area (Å²) in [4.78, 5) is 4.30. The summed E-state index contributed by atoms with van der Waals surface area (Å²) < 4.78 is 0. The van der Waals surface area contributed by atoms with Crippen LogP contribution in [0.5, 0.6) is 0 Å². The standard InChI is InChI=1S/C49H34N4/c50-49-47(46-29-40(34-15-5-2-6-16-34)26-37-18-8-10-23-44(37)46)30-41(31-48(49)53-52-42-21-11-19-35(27-42)38-20-12-24-51-32-38)45-28-39(33-13-3-1-4-14-33)25-36-17-7-9-22-43(36)45/h1-32,50,52H/b50-49?,53-48-. The smallest absolute Gasteiger partial charge is 0.109 e. The SMILES string of the molecule is N=C1C(c2cc(-c3ccccc3)cc3ccccc23)=CC(c2cc(-c3ccccc3)cc3ccccc23)=C/C1=N/Nc1cccc(-c2cccnc2)c1. The van der Waals surface area contributed by atoms with Crippen molar-refractivity contribution < 1.29 is 0 Å². The molecule has 7 aromatic carbocycles. The van der Waals surface area contributed by atoms with Gasteiger partial charge in [0.15, 0.2) is 0 Å². The second kappa shape index (κ2) is 13.9. The molecular formula is C49H34N4.